The summed E-state index contributed by atoms with van der Waals surface area (Å²) < 4.78 is 0. The highest BCUT2D eigenvalue weighted by Crippen LogP contribution is 2.11. The Bertz CT molecular complexity index is 800. The highest BCUT2D eigenvalue weighted by molar-refractivity contribution is 5.94. The molecule has 0 saturated carbocycles. The van der Waals surface area contributed by atoms with Crippen LogP contribution < -0.4 is 33.2 Å². The van der Waals surface area contributed by atoms with Crippen LogP contribution in [0, 0.1) is 11.8 Å². The summed E-state index contributed by atoms with van der Waals surface area (Å²) in [6.45, 7) is 7.01. The normalized spacial score (nSPS) is 15.1. The summed E-state index contributed by atoms with van der Waals surface area (Å²) in [5.41, 5.74) is 16.4. The molecule has 11 N–H and O–H groups in total. The van der Waals surface area contributed by atoms with Gasteiger partial charge < -0.3 is 43.4 Å². The lowest BCUT2D eigenvalue weighted by molar-refractivity contribution is -0.144. The van der Waals surface area contributed by atoms with Crippen molar-refractivity contribution in [3.63, 3.8) is 0 Å². The number of rotatable bonds is 17. The number of carbonyl (C=O) groups excluding carboxylic acids is 3. The number of carboxylic acids is 2. The average Bonchev–Trinajstić information content (AvgIpc) is 2.79. The molecule has 0 aromatic rings. The number of carbonyl (C=O) groups is 5. The maximum absolute atomic E-state index is 13.0. The van der Waals surface area contributed by atoms with Crippen LogP contribution in [0.5, 0.6) is 0 Å². The predicted octanol–water partition coefficient (Wildman–Crippen LogP) is -1.53. The molecule has 0 heterocycles. The SMILES string of the molecule is CCC(C)C(NC(=O)C(CCC(=O)O)NC(=O)C(N)CCCN=C(N)N)C(=O)NC(C(=O)O)C(C)C. The van der Waals surface area contributed by atoms with Gasteiger partial charge in [-0.1, -0.05) is 34.1 Å². The van der Waals surface area contributed by atoms with Crippen LogP contribution >= 0.6 is 0 Å². The second-order valence-electron chi connectivity index (χ2n) is 8.99. The third-order valence-electron chi connectivity index (χ3n) is 5.61. The molecule has 0 aromatic heterocycles. The maximum atomic E-state index is 13.0. The summed E-state index contributed by atoms with van der Waals surface area (Å²) >= 11 is 0. The second kappa shape index (κ2) is 16.3. The molecule has 0 bridgehead atoms. The molecule has 0 fully saturated rings. The summed E-state index contributed by atoms with van der Waals surface area (Å²) in [4.78, 5) is 64.8. The molecular formula is C22H41N7O7. The molecule has 0 aliphatic carbocycles. The van der Waals surface area contributed by atoms with Crippen LogP contribution in [0.3, 0.4) is 0 Å². The Labute approximate surface area is 210 Å². The van der Waals surface area contributed by atoms with E-state index in [9.17, 15) is 29.1 Å². The van der Waals surface area contributed by atoms with E-state index >= 15 is 0 Å². The number of aliphatic imine (C=N–C) groups is 1. The number of nitrogens with two attached hydrogens (primary N) is 3. The number of aliphatic carboxylic acids is 2. The molecule has 3 amide bonds. The smallest absolute Gasteiger partial charge is 0.326 e. The van der Waals surface area contributed by atoms with E-state index < -0.39 is 66.2 Å². The number of nitrogens with one attached hydrogen (secondary N) is 3. The largest absolute Gasteiger partial charge is 0.481 e. The molecule has 5 unspecified atom stereocenters. The van der Waals surface area contributed by atoms with Crippen LogP contribution in [0.1, 0.15) is 59.8 Å². The number of carboxylic acid groups (broad SMARTS) is 2. The van der Waals surface area contributed by atoms with Crippen molar-refractivity contribution in [1.29, 1.82) is 0 Å². The lowest BCUT2D eigenvalue weighted by atomic mass is 9.96. The standard InChI is InChI=1S/C22H41N7O7/c1-5-12(4)17(20(34)28-16(11(2)3)21(35)36)29-19(33)14(8-9-15(30)31)27-18(32)13(23)7-6-10-26-22(24)25/h11-14,16-17H,5-10,23H2,1-4H3,(H,27,32)(H,28,34)(H,29,33)(H,30,31)(H,35,36)(H4,24,25,26). The van der Waals surface area contributed by atoms with Gasteiger partial charge in [-0.05, 0) is 31.1 Å². The van der Waals surface area contributed by atoms with Crippen LogP contribution in [-0.2, 0) is 24.0 Å². The van der Waals surface area contributed by atoms with Crippen LogP contribution in [0.2, 0.25) is 0 Å². The summed E-state index contributed by atoms with van der Waals surface area (Å²) in [5, 5.41) is 25.9. The molecule has 0 aliphatic heterocycles. The minimum absolute atomic E-state index is 0.0959. The van der Waals surface area contributed by atoms with Gasteiger partial charge in [-0.2, -0.15) is 0 Å². The van der Waals surface area contributed by atoms with Crippen molar-refractivity contribution in [3.05, 3.63) is 0 Å². The molecule has 0 rings (SSSR count). The zero-order chi connectivity index (χ0) is 28.0. The zero-order valence-electron chi connectivity index (χ0n) is 21.3. The van der Waals surface area contributed by atoms with E-state index in [0.717, 1.165) is 0 Å². The maximum Gasteiger partial charge on any atom is 0.326 e. The van der Waals surface area contributed by atoms with Crippen molar-refractivity contribution < 1.29 is 34.2 Å². The van der Waals surface area contributed by atoms with E-state index in [-0.39, 0.29) is 31.3 Å². The van der Waals surface area contributed by atoms with E-state index in [1.165, 1.54) is 0 Å². The topological polar surface area (TPSA) is 252 Å². The van der Waals surface area contributed by atoms with Crippen LogP contribution in [0.15, 0.2) is 4.99 Å². The molecule has 5 atom stereocenters. The van der Waals surface area contributed by atoms with E-state index in [2.05, 4.69) is 20.9 Å². The molecule has 36 heavy (non-hydrogen) atoms. The number of nitrogens with zero attached hydrogens (tertiary/aromatic N) is 1. The van der Waals surface area contributed by atoms with Crippen molar-refractivity contribution in [1.82, 2.24) is 16.0 Å². The van der Waals surface area contributed by atoms with E-state index in [1.54, 1.807) is 27.7 Å². The number of guanidine groups is 1. The first kappa shape index (κ1) is 32.6. The van der Waals surface area contributed by atoms with Crippen LogP contribution in [-0.4, -0.2) is 76.5 Å². The van der Waals surface area contributed by atoms with Gasteiger partial charge in [0, 0.05) is 13.0 Å². The third-order valence-corrected chi connectivity index (χ3v) is 5.61. The molecule has 0 aliphatic rings. The minimum Gasteiger partial charge on any atom is -0.481 e. The molecule has 0 aromatic carbocycles. The summed E-state index contributed by atoms with van der Waals surface area (Å²) in [5.74, 6) is -5.44. The first-order chi connectivity index (χ1) is 16.7. The Morgan fingerprint density at radius 1 is 0.861 bits per heavy atom. The van der Waals surface area contributed by atoms with Gasteiger partial charge in [0.1, 0.15) is 18.1 Å². The molecule has 14 nitrogen and oxygen atoms in total. The fraction of sp³-hybridized carbons (Fsp3) is 0.727. The summed E-state index contributed by atoms with van der Waals surface area (Å²) in [6.07, 6.45) is 0.415. The van der Waals surface area contributed by atoms with E-state index in [1.807, 2.05) is 0 Å². The van der Waals surface area contributed by atoms with Gasteiger partial charge in [0.25, 0.3) is 0 Å². The lowest BCUT2D eigenvalue weighted by Crippen LogP contribution is -2.59. The lowest BCUT2D eigenvalue weighted by Gasteiger charge is -2.28. The molecule has 0 saturated heterocycles. The Morgan fingerprint density at radius 2 is 1.44 bits per heavy atom. The van der Waals surface area contributed by atoms with E-state index in [4.69, 9.17) is 22.3 Å². The van der Waals surface area contributed by atoms with Gasteiger partial charge in [-0.3, -0.25) is 24.2 Å². The molecular weight excluding hydrogens is 474 g/mol. The first-order valence-corrected chi connectivity index (χ1v) is 11.9. The number of hydrogen-bond acceptors (Lipinski definition) is 7. The quantitative estimate of drug-likeness (QED) is 0.0630. The van der Waals surface area contributed by atoms with Gasteiger partial charge in [0.05, 0.1) is 6.04 Å². The Balaban J connectivity index is 5.52. The molecule has 0 radical (unpaired) electrons. The van der Waals surface area contributed by atoms with Gasteiger partial charge >= 0.3 is 11.9 Å². The number of amides is 3. The van der Waals surface area contributed by atoms with Crippen molar-refractivity contribution in [2.45, 2.75) is 84.0 Å². The highest BCUT2D eigenvalue weighted by atomic mass is 16.4. The van der Waals surface area contributed by atoms with Gasteiger partial charge in [-0.25, -0.2) is 4.79 Å². The fourth-order valence-electron chi connectivity index (χ4n) is 3.18. The fourth-order valence-corrected chi connectivity index (χ4v) is 3.18. The van der Waals surface area contributed by atoms with Crippen molar-refractivity contribution in [3.8, 4) is 0 Å². The van der Waals surface area contributed by atoms with Crippen LogP contribution in [0.25, 0.3) is 0 Å². The highest BCUT2D eigenvalue weighted by Gasteiger charge is 2.33. The van der Waals surface area contributed by atoms with Crippen molar-refractivity contribution >= 4 is 35.6 Å². The first-order valence-electron chi connectivity index (χ1n) is 11.9. The monoisotopic (exact) mass is 515 g/mol. The molecule has 206 valence electrons. The number of hydrogen-bond donors (Lipinski definition) is 8. The predicted molar refractivity (Wildman–Crippen MR) is 132 cm³/mol. The van der Waals surface area contributed by atoms with Gasteiger partial charge in [0.2, 0.25) is 17.7 Å². The minimum atomic E-state index is -1.28. The average molecular weight is 516 g/mol. The van der Waals surface area contributed by atoms with Crippen molar-refractivity contribution in [2.24, 2.45) is 34.0 Å². The van der Waals surface area contributed by atoms with Crippen LogP contribution in [0.4, 0.5) is 0 Å². The third kappa shape index (κ3) is 12.3. The summed E-state index contributed by atoms with van der Waals surface area (Å²) in [6, 6.07) is -4.56. The Hall–Kier alpha value is -3.42. The van der Waals surface area contributed by atoms with Crippen molar-refractivity contribution in [2.75, 3.05) is 6.54 Å². The summed E-state index contributed by atoms with van der Waals surface area (Å²) in [7, 11) is 0. The Kier molecular flexibility index (Phi) is 14.7. The molecule has 14 heteroatoms. The van der Waals surface area contributed by atoms with E-state index in [0.29, 0.717) is 12.8 Å². The molecule has 0 spiro atoms. The zero-order valence-corrected chi connectivity index (χ0v) is 21.3. The van der Waals surface area contributed by atoms with Gasteiger partial charge in [0.15, 0.2) is 5.96 Å². The Morgan fingerprint density at radius 3 is 1.92 bits per heavy atom. The van der Waals surface area contributed by atoms with Gasteiger partial charge in [-0.15, -0.1) is 0 Å². The second-order valence-corrected chi connectivity index (χ2v) is 8.99.